The summed E-state index contributed by atoms with van der Waals surface area (Å²) in [5, 5.41) is 7.24. The molecule has 2 aromatic rings. The van der Waals surface area contributed by atoms with Gasteiger partial charge in [-0.2, -0.15) is 0 Å². The Balaban J connectivity index is 1.43. The van der Waals surface area contributed by atoms with Gasteiger partial charge in [0.2, 0.25) is 11.3 Å². The lowest BCUT2D eigenvalue weighted by Crippen LogP contribution is -2.41. The summed E-state index contributed by atoms with van der Waals surface area (Å²) in [6, 6.07) is 15.8. The Labute approximate surface area is 174 Å². The molecule has 2 aromatic carbocycles. The summed E-state index contributed by atoms with van der Waals surface area (Å²) < 4.78 is 27.9. The van der Waals surface area contributed by atoms with Crippen molar-refractivity contribution in [1.29, 1.82) is 0 Å². The average molecular weight is 416 g/mol. The summed E-state index contributed by atoms with van der Waals surface area (Å²) in [5.41, 5.74) is 4.39. The van der Waals surface area contributed by atoms with Gasteiger partial charge in [0.05, 0.1) is 7.11 Å². The Morgan fingerprint density at radius 2 is 1.93 bits per heavy atom. The van der Waals surface area contributed by atoms with E-state index in [1.807, 2.05) is 18.2 Å². The van der Waals surface area contributed by atoms with E-state index in [9.17, 15) is 4.21 Å². The summed E-state index contributed by atoms with van der Waals surface area (Å²) >= 11 is -2.02. The minimum absolute atomic E-state index is 0.324. The zero-order valence-electron chi connectivity index (χ0n) is 16.7. The van der Waals surface area contributed by atoms with Crippen LogP contribution in [0.25, 0.3) is 11.1 Å². The molecule has 2 aliphatic rings. The second-order valence-electron chi connectivity index (χ2n) is 7.87. The fourth-order valence-electron chi connectivity index (χ4n) is 4.18. The highest BCUT2D eigenvalue weighted by molar-refractivity contribution is 7.77. The molecule has 0 amide bonds. The Bertz CT molecular complexity index is 853. The van der Waals surface area contributed by atoms with E-state index in [0.29, 0.717) is 24.5 Å². The number of benzene rings is 2. The van der Waals surface area contributed by atoms with Gasteiger partial charge in [0.1, 0.15) is 5.75 Å². The van der Waals surface area contributed by atoms with Crippen molar-refractivity contribution in [2.75, 3.05) is 20.2 Å². The summed E-state index contributed by atoms with van der Waals surface area (Å²) in [7, 11) is 1.66. The highest BCUT2D eigenvalue weighted by Gasteiger charge is 2.39. The van der Waals surface area contributed by atoms with E-state index in [-0.39, 0.29) is 0 Å². The van der Waals surface area contributed by atoms with Crippen molar-refractivity contribution in [2.45, 2.75) is 43.8 Å². The Morgan fingerprint density at radius 3 is 2.62 bits per heavy atom. The van der Waals surface area contributed by atoms with Crippen molar-refractivity contribution in [3.8, 4) is 16.9 Å². The third-order valence-electron chi connectivity index (χ3n) is 5.89. The van der Waals surface area contributed by atoms with Gasteiger partial charge >= 0.3 is 0 Å². The molecule has 4 N–H and O–H groups in total. The van der Waals surface area contributed by atoms with Crippen LogP contribution in [0, 0.1) is 0 Å². The van der Waals surface area contributed by atoms with Gasteiger partial charge in [-0.3, -0.25) is 4.55 Å². The maximum Gasteiger partial charge on any atom is 0.232 e. The van der Waals surface area contributed by atoms with E-state index in [1.165, 1.54) is 24.8 Å². The normalized spacial score (nSPS) is 23.0. The van der Waals surface area contributed by atoms with Crippen molar-refractivity contribution in [3.63, 3.8) is 0 Å². The number of rotatable bonds is 8. The summed E-state index contributed by atoms with van der Waals surface area (Å²) in [4.78, 5) is 0. The highest BCUT2D eigenvalue weighted by Crippen LogP contribution is 2.42. The van der Waals surface area contributed by atoms with Crippen LogP contribution >= 0.6 is 0 Å². The molecule has 3 atom stereocenters. The third kappa shape index (κ3) is 5.24. The van der Waals surface area contributed by atoms with Gasteiger partial charge in [0.15, 0.2) is 0 Å². The zero-order chi connectivity index (χ0) is 20.2. The topological polar surface area (TPSA) is 82.6 Å². The van der Waals surface area contributed by atoms with Crippen molar-refractivity contribution < 1.29 is 13.5 Å². The number of nitrogens with one attached hydrogen (secondary N) is 3. The quantitative estimate of drug-likeness (QED) is 0.499. The Hall–Kier alpha value is -1.77. The predicted molar refractivity (Wildman–Crippen MR) is 116 cm³/mol. The summed E-state index contributed by atoms with van der Waals surface area (Å²) in [5.74, 6) is 1.40. The smallest absolute Gasteiger partial charge is 0.232 e. The molecular formula is C22H29N3O3S. The fraction of sp³-hybridized carbons (Fsp3) is 0.455. The first-order chi connectivity index (χ1) is 14.1. The van der Waals surface area contributed by atoms with Gasteiger partial charge in [-0.25, -0.2) is 8.93 Å². The first-order valence-corrected chi connectivity index (χ1v) is 11.3. The molecule has 0 bridgehead atoms. The molecule has 1 unspecified atom stereocenters. The first kappa shape index (κ1) is 20.5. The minimum Gasteiger partial charge on any atom is -0.496 e. The van der Waals surface area contributed by atoms with Crippen LogP contribution in [0.2, 0.25) is 0 Å². The maximum absolute atomic E-state index is 10.9. The van der Waals surface area contributed by atoms with Crippen molar-refractivity contribution in [2.24, 2.45) is 0 Å². The van der Waals surface area contributed by atoms with Gasteiger partial charge in [-0.1, -0.05) is 30.3 Å². The maximum atomic E-state index is 10.9. The molecule has 6 nitrogen and oxygen atoms in total. The fourth-order valence-corrected chi connectivity index (χ4v) is 4.47. The van der Waals surface area contributed by atoms with Crippen molar-refractivity contribution in [3.05, 3.63) is 53.6 Å². The van der Waals surface area contributed by atoms with Crippen LogP contribution in [0.3, 0.4) is 0 Å². The van der Waals surface area contributed by atoms with Crippen LogP contribution in [0.5, 0.6) is 5.75 Å². The predicted octanol–water partition coefficient (Wildman–Crippen LogP) is 2.79. The monoisotopic (exact) mass is 415 g/mol. The Kier molecular flexibility index (Phi) is 6.62. The van der Waals surface area contributed by atoms with E-state index in [1.54, 1.807) is 7.11 Å². The molecule has 29 heavy (non-hydrogen) atoms. The Morgan fingerprint density at radius 1 is 1.17 bits per heavy atom. The first-order valence-electron chi connectivity index (χ1n) is 10.2. The van der Waals surface area contributed by atoms with Crippen LogP contribution in [0.4, 0.5) is 0 Å². The average Bonchev–Trinajstić information content (AvgIpc) is 3.52. The number of methoxy groups -OCH3 is 1. The largest absolute Gasteiger partial charge is 0.496 e. The second kappa shape index (κ2) is 9.36. The molecule has 1 aliphatic heterocycles. The minimum atomic E-state index is -2.02. The van der Waals surface area contributed by atoms with Gasteiger partial charge in [0.25, 0.3) is 0 Å². The lowest BCUT2D eigenvalue weighted by Gasteiger charge is -2.24. The second-order valence-corrected chi connectivity index (χ2v) is 8.65. The van der Waals surface area contributed by atoms with Gasteiger partial charge in [0, 0.05) is 30.1 Å². The molecule has 1 saturated carbocycles. The van der Waals surface area contributed by atoms with E-state index < -0.39 is 11.3 Å². The highest BCUT2D eigenvalue weighted by atomic mass is 32.2. The summed E-state index contributed by atoms with van der Waals surface area (Å²) in [6.07, 6.45) is 3.65. The van der Waals surface area contributed by atoms with E-state index in [0.717, 1.165) is 35.5 Å². The molecule has 1 heterocycles. The van der Waals surface area contributed by atoms with Crippen LogP contribution < -0.4 is 20.1 Å². The molecular weight excluding hydrogens is 386 g/mol. The molecule has 1 aliphatic carbocycles. The molecule has 2 fully saturated rings. The lowest BCUT2D eigenvalue weighted by atomic mass is 9.99. The van der Waals surface area contributed by atoms with E-state index in [2.05, 4.69) is 39.6 Å². The van der Waals surface area contributed by atoms with Crippen LogP contribution in [0.15, 0.2) is 42.5 Å². The third-order valence-corrected chi connectivity index (χ3v) is 6.28. The van der Waals surface area contributed by atoms with Gasteiger partial charge < -0.3 is 15.4 Å². The lowest BCUT2D eigenvalue weighted by molar-refractivity contribution is 0.383. The standard InChI is InChI=1S/C22H29N3O3S/c1-28-22-7-2-15(14-24-29(26)27)12-20(22)17-5-3-16(4-6-17)19-13-21(19)25-18-8-10-23-11-9-18/h2-7,12,18-19,21,23-25H,8-11,13-14H2,1H3,(H,26,27)/t19-,21+/m1/s1. The molecule has 4 rings (SSSR count). The molecule has 156 valence electrons. The van der Waals surface area contributed by atoms with Crippen LogP contribution in [0.1, 0.15) is 36.3 Å². The molecule has 0 spiro atoms. The number of hydrogen-bond donors (Lipinski definition) is 4. The zero-order valence-corrected chi connectivity index (χ0v) is 17.5. The molecule has 1 saturated heterocycles. The molecule has 0 aromatic heterocycles. The SMILES string of the molecule is COc1ccc(CNS(=O)O)cc1-c1ccc([C@H]2C[C@@H]2NC2CCNCC2)cc1. The van der Waals surface area contributed by atoms with Crippen molar-refractivity contribution >= 4 is 11.3 Å². The van der Waals surface area contributed by atoms with E-state index in [4.69, 9.17) is 9.29 Å². The number of ether oxygens (including phenoxy) is 1. The van der Waals surface area contributed by atoms with Crippen LogP contribution in [-0.4, -0.2) is 41.0 Å². The number of piperidine rings is 1. The van der Waals surface area contributed by atoms with Gasteiger partial charge in [-0.15, -0.1) is 0 Å². The van der Waals surface area contributed by atoms with Crippen molar-refractivity contribution in [1.82, 2.24) is 15.4 Å². The molecule has 0 radical (unpaired) electrons. The van der Waals surface area contributed by atoms with E-state index >= 15 is 0 Å². The number of hydrogen-bond acceptors (Lipinski definition) is 4. The molecule has 7 heteroatoms. The van der Waals surface area contributed by atoms with Gasteiger partial charge in [-0.05, 0) is 61.2 Å². The summed E-state index contributed by atoms with van der Waals surface area (Å²) in [6.45, 7) is 2.56. The van der Waals surface area contributed by atoms with Crippen LogP contribution in [-0.2, 0) is 17.8 Å².